The van der Waals surface area contributed by atoms with Crippen LogP contribution in [0.25, 0.3) is 10.9 Å². The number of aliphatic hydroxyl groups excluding tert-OH is 2. The lowest BCUT2D eigenvalue weighted by Gasteiger charge is -2.10. The molecule has 0 amide bonds. The third-order valence-corrected chi connectivity index (χ3v) is 3.59. The summed E-state index contributed by atoms with van der Waals surface area (Å²) in [4.78, 5) is 13.4. The van der Waals surface area contributed by atoms with Crippen molar-refractivity contribution in [2.24, 2.45) is 0 Å². The molecule has 0 saturated carbocycles. The van der Waals surface area contributed by atoms with E-state index in [1.165, 1.54) is 12.1 Å². The third kappa shape index (κ3) is 2.15. The van der Waals surface area contributed by atoms with Crippen LogP contribution in [0.3, 0.4) is 0 Å². The molecule has 1 aliphatic heterocycles. The van der Waals surface area contributed by atoms with E-state index in [0.717, 1.165) is 11.1 Å². The van der Waals surface area contributed by atoms with Gasteiger partial charge in [-0.1, -0.05) is 0 Å². The highest BCUT2D eigenvalue weighted by Crippen LogP contribution is 2.34. The molecule has 2 heterocycles. The second-order valence-electron chi connectivity index (χ2n) is 4.90. The molecule has 1 aromatic heterocycles. The lowest BCUT2D eigenvalue weighted by atomic mass is 10.1. The summed E-state index contributed by atoms with van der Waals surface area (Å²) in [6.45, 7) is -0.233. The fourth-order valence-electron chi connectivity index (χ4n) is 2.52. The summed E-state index contributed by atoms with van der Waals surface area (Å²) in [7, 11) is 0. The highest BCUT2D eigenvalue weighted by atomic mass is 16.6. The molecule has 7 heteroatoms. The van der Waals surface area contributed by atoms with Gasteiger partial charge in [0.1, 0.15) is 12.2 Å². The van der Waals surface area contributed by atoms with Crippen LogP contribution in [0.15, 0.2) is 24.3 Å². The topological polar surface area (TPSA) is 109 Å². The van der Waals surface area contributed by atoms with Gasteiger partial charge >= 0.3 is 0 Å². The SMILES string of the molecule is O=[N+]([O-])c1ccc2cc(C3C[C@H](O)[C@@H](CO)O3)[nH]c2c1. The Kier molecular flexibility index (Phi) is 3.17. The number of rotatable bonds is 3. The summed E-state index contributed by atoms with van der Waals surface area (Å²) in [5.41, 5.74) is 1.42. The van der Waals surface area contributed by atoms with E-state index in [-0.39, 0.29) is 18.4 Å². The number of nitrogens with zero attached hydrogens (tertiary/aromatic N) is 1. The maximum absolute atomic E-state index is 10.7. The monoisotopic (exact) mass is 278 g/mol. The molecule has 3 atom stereocenters. The molecule has 1 aliphatic rings. The van der Waals surface area contributed by atoms with E-state index in [9.17, 15) is 15.2 Å². The molecule has 1 saturated heterocycles. The predicted molar refractivity (Wildman–Crippen MR) is 70.3 cm³/mol. The van der Waals surface area contributed by atoms with Gasteiger partial charge in [0, 0.05) is 29.6 Å². The van der Waals surface area contributed by atoms with Crippen molar-refractivity contribution in [3.05, 3.63) is 40.1 Å². The van der Waals surface area contributed by atoms with Gasteiger partial charge in [-0.05, 0) is 12.1 Å². The lowest BCUT2D eigenvalue weighted by Crippen LogP contribution is -2.24. The normalized spacial score (nSPS) is 26.2. The van der Waals surface area contributed by atoms with Gasteiger partial charge in [0.05, 0.1) is 23.2 Å². The van der Waals surface area contributed by atoms with E-state index in [4.69, 9.17) is 9.84 Å². The van der Waals surface area contributed by atoms with Gasteiger partial charge in [-0.2, -0.15) is 0 Å². The number of ether oxygens (including phenoxy) is 1. The molecule has 0 aliphatic carbocycles. The van der Waals surface area contributed by atoms with E-state index in [2.05, 4.69) is 4.98 Å². The summed E-state index contributed by atoms with van der Waals surface area (Å²) in [5, 5.41) is 30.4. The number of fused-ring (bicyclic) bond motifs is 1. The Labute approximate surface area is 113 Å². The van der Waals surface area contributed by atoms with Gasteiger partial charge in [-0.15, -0.1) is 0 Å². The van der Waals surface area contributed by atoms with Crippen LogP contribution >= 0.6 is 0 Å². The molecule has 20 heavy (non-hydrogen) atoms. The summed E-state index contributed by atoms with van der Waals surface area (Å²) >= 11 is 0. The van der Waals surface area contributed by atoms with Crippen LogP contribution in [0, 0.1) is 10.1 Å². The zero-order chi connectivity index (χ0) is 14.3. The van der Waals surface area contributed by atoms with E-state index in [0.29, 0.717) is 11.9 Å². The van der Waals surface area contributed by atoms with Crippen molar-refractivity contribution in [1.29, 1.82) is 0 Å². The first-order chi connectivity index (χ1) is 9.58. The second-order valence-corrected chi connectivity index (χ2v) is 4.90. The number of aromatic nitrogens is 1. The number of nitrogens with one attached hydrogen (secondary N) is 1. The number of benzene rings is 1. The Morgan fingerprint density at radius 1 is 1.45 bits per heavy atom. The highest BCUT2D eigenvalue weighted by molar-refractivity contribution is 5.82. The molecule has 7 nitrogen and oxygen atoms in total. The largest absolute Gasteiger partial charge is 0.394 e. The zero-order valence-corrected chi connectivity index (χ0v) is 10.5. The molecule has 1 aromatic carbocycles. The Morgan fingerprint density at radius 3 is 2.90 bits per heavy atom. The fraction of sp³-hybridized carbons (Fsp3) is 0.385. The average Bonchev–Trinajstić information content (AvgIpc) is 3.00. The molecule has 0 spiro atoms. The molecule has 0 bridgehead atoms. The smallest absolute Gasteiger partial charge is 0.271 e. The summed E-state index contributed by atoms with van der Waals surface area (Å²) in [6.07, 6.45) is -1.24. The predicted octanol–water partition coefficient (Wildman–Crippen LogP) is 1.26. The van der Waals surface area contributed by atoms with Crippen molar-refractivity contribution >= 4 is 16.6 Å². The Bertz CT molecular complexity index is 653. The van der Waals surface area contributed by atoms with Crippen LogP contribution in [-0.4, -0.2) is 38.9 Å². The minimum Gasteiger partial charge on any atom is -0.394 e. The van der Waals surface area contributed by atoms with Crippen LogP contribution < -0.4 is 0 Å². The van der Waals surface area contributed by atoms with E-state index in [1.54, 1.807) is 6.07 Å². The molecule has 0 radical (unpaired) electrons. The molecule has 3 rings (SSSR count). The van der Waals surface area contributed by atoms with Crippen molar-refractivity contribution in [2.45, 2.75) is 24.7 Å². The fourth-order valence-corrected chi connectivity index (χ4v) is 2.52. The maximum atomic E-state index is 10.7. The van der Waals surface area contributed by atoms with Crippen molar-refractivity contribution in [1.82, 2.24) is 4.98 Å². The molecule has 1 unspecified atom stereocenters. The van der Waals surface area contributed by atoms with E-state index >= 15 is 0 Å². The molecule has 106 valence electrons. The molecule has 3 N–H and O–H groups in total. The Morgan fingerprint density at radius 2 is 2.25 bits per heavy atom. The van der Waals surface area contributed by atoms with Crippen LogP contribution in [0.2, 0.25) is 0 Å². The number of hydrogen-bond acceptors (Lipinski definition) is 5. The number of hydrogen-bond donors (Lipinski definition) is 3. The van der Waals surface area contributed by atoms with Gasteiger partial charge in [0.15, 0.2) is 0 Å². The summed E-state index contributed by atoms with van der Waals surface area (Å²) < 4.78 is 5.55. The summed E-state index contributed by atoms with van der Waals surface area (Å²) in [5.74, 6) is 0. The van der Waals surface area contributed by atoms with Gasteiger partial charge < -0.3 is 19.9 Å². The number of aliphatic hydroxyl groups is 2. The minimum absolute atomic E-state index is 0.0199. The van der Waals surface area contributed by atoms with Crippen LogP contribution in [0.5, 0.6) is 0 Å². The molecular formula is C13H14N2O5. The van der Waals surface area contributed by atoms with E-state index < -0.39 is 17.1 Å². The van der Waals surface area contributed by atoms with Crippen LogP contribution in [0.1, 0.15) is 18.2 Å². The van der Waals surface area contributed by atoms with Crippen molar-refractivity contribution in [3.8, 4) is 0 Å². The maximum Gasteiger partial charge on any atom is 0.271 e. The van der Waals surface area contributed by atoms with E-state index in [1.807, 2.05) is 6.07 Å². The highest BCUT2D eigenvalue weighted by Gasteiger charge is 2.35. The molecule has 2 aromatic rings. The lowest BCUT2D eigenvalue weighted by molar-refractivity contribution is -0.384. The van der Waals surface area contributed by atoms with Crippen molar-refractivity contribution in [2.75, 3.05) is 6.61 Å². The number of H-pyrrole nitrogens is 1. The Balaban J connectivity index is 1.92. The molecule has 1 fully saturated rings. The quantitative estimate of drug-likeness (QED) is 0.578. The summed E-state index contributed by atoms with van der Waals surface area (Å²) in [6, 6.07) is 6.42. The first-order valence-corrected chi connectivity index (χ1v) is 6.30. The number of aromatic amines is 1. The number of nitro groups is 1. The van der Waals surface area contributed by atoms with Gasteiger partial charge in [-0.3, -0.25) is 10.1 Å². The van der Waals surface area contributed by atoms with Crippen LogP contribution in [-0.2, 0) is 4.74 Å². The van der Waals surface area contributed by atoms with Crippen molar-refractivity contribution in [3.63, 3.8) is 0 Å². The second kappa shape index (κ2) is 4.86. The zero-order valence-electron chi connectivity index (χ0n) is 10.5. The first-order valence-electron chi connectivity index (χ1n) is 6.30. The van der Waals surface area contributed by atoms with Crippen molar-refractivity contribution < 1.29 is 19.9 Å². The number of non-ortho nitro benzene ring substituents is 1. The third-order valence-electron chi connectivity index (χ3n) is 3.59. The Hall–Kier alpha value is -1.96. The van der Waals surface area contributed by atoms with Crippen LogP contribution in [0.4, 0.5) is 5.69 Å². The van der Waals surface area contributed by atoms with Gasteiger partial charge in [0.25, 0.3) is 5.69 Å². The number of nitro benzene ring substituents is 1. The van der Waals surface area contributed by atoms with Gasteiger partial charge in [0.2, 0.25) is 0 Å². The average molecular weight is 278 g/mol. The first kappa shape index (κ1) is 13.0. The molecular weight excluding hydrogens is 264 g/mol. The standard InChI is InChI=1S/C13H14N2O5/c16-6-13-11(17)5-12(20-13)10-3-7-1-2-8(15(18)19)4-9(7)14-10/h1-4,11-14,16-17H,5-6H2/t11-,12?,13+/m0/s1. The van der Waals surface area contributed by atoms with Gasteiger partial charge in [-0.25, -0.2) is 0 Å². The minimum atomic E-state index is -0.703.